The molecule has 2 saturated carbocycles. The number of aromatic nitrogens is 1. The molecule has 0 amide bonds. The molecule has 0 radical (unpaired) electrons. The molecule has 2 atom stereocenters. The number of nitrogens with one attached hydrogen (secondary N) is 1. The van der Waals surface area contributed by atoms with Crippen molar-refractivity contribution < 1.29 is 0 Å². The van der Waals surface area contributed by atoms with Crippen LogP contribution in [-0.2, 0) is 0 Å². The number of anilines is 1. The minimum Gasteiger partial charge on any atom is -0.253 e. The normalized spacial score (nSPS) is 29.3. The summed E-state index contributed by atoms with van der Waals surface area (Å²) in [6.45, 7) is 7.21. The van der Waals surface area contributed by atoms with Crippen LogP contribution in [0.4, 0.5) is 5.13 Å². The van der Waals surface area contributed by atoms with Gasteiger partial charge in [0.05, 0.1) is 5.69 Å². The second-order valence-electron chi connectivity index (χ2n) is 7.81. The minimum atomic E-state index is 0.352. The molecule has 2 aliphatic rings. The highest BCUT2D eigenvalue weighted by Crippen LogP contribution is 2.64. The van der Waals surface area contributed by atoms with Gasteiger partial charge in [-0.3, -0.25) is 5.43 Å². The molecular formula is C19H22ClN3S. The zero-order chi connectivity index (χ0) is 16.9. The highest BCUT2D eigenvalue weighted by atomic mass is 35.5. The van der Waals surface area contributed by atoms with E-state index in [1.54, 1.807) is 11.3 Å². The van der Waals surface area contributed by atoms with E-state index < -0.39 is 0 Å². The Kier molecular flexibility index (Phi) is 3.73. The third-order valence-electron chi connectivity index (χ3n) is 6.32. The molecule has 4 rings (SSSR count). The van der Waals surface area contributed by atoms with Gasteiger partial charge in [0.25, 0.3) is 0 Å². The summed E-state index contributed by atoms with van der Waals surface area (Å²) >= 11 is 7.53. The van der Waals surface area contributed by atoms with E-state index in [0.717, 1.165) is 27.8 Å². The Morgan fingerprint density at radius 3 is 2.62 bits per heavy atom. The number of thiazole rings is 1. The van der Waals surface area contributed by atoms with E-state index in [0.29, 0.717) is 16.7 Å². The summed E-state index contributed by atoms with van der Waals surface area (Å²) in [4.78, 5) is 4.64. The Morgan fingerprint density at radius 1 is 1.25 bits per heavy atom. The first kappa shape index (κ1) is 16.1. The third kappa shape index (κ3) is 2.47. The van der Waals surface area contributed by atoms with Crippen LogP contribution < -0.4 is 5.43 Å². The molecule has 0 saturated heterocycles. The van der Waals surface area contributed by atoms with Gasteiger partial charge in [0.15, 0.2) is 0 Å². The largest absolute Gasteiger partial charge is 0.253 e. The number of fused-ring (bicyclic) bond motifs is 2. The van der Waals surface area contributed by atoms with Crippen LogP contribution >= 0.6 is 22.9 Å². The number of rotatable bonds is 3. The van der Waals surface area contributed by atoms with E-state index in [4.69, 9.17) is 16.7 Å². The smallest absolute Gasteiger partial charge is 0.203 e. The second kappa shape index (κ2) is 5.57. The quantitative estimate of drug-likeness (QED) is 0.674. The van der Waals surface area contributed by atoms with Gasteiger partial charge in [-0.15, -0.1) is 11.3 Å². The van der Waals surface area contributed by atoms with Gasteiger partial charge >= 0.3 is 0 Å². The molecule has 2 aliphatic carbocycles. The number of nitrogens with zero attached hydrogens (tertiary/aromatic N) is 2. The van der Waals surface area contributed by atoms with Gasteiger partial charge in [-0.25, -0.2) is 4.98 Å². The number of hydrazone groups is 1. The average Bonchev–Trinajstić information content (AvgIpc) is 3.15. The summed E-state index contributed by atoms with van der Waals surface area (Å²) in [5.41, 5.74) is 7.30. The van der Waals surface area contributed by atoms with Gasteiger partial charge in [-0.1, -0.05) is 44.5 Å². The minimum absolute atomic E-state index is 0.352. The summed E-state index contributed by atoms with van der Waals surface area (Å²) in [7, 11) is 0. The lowest BCUT2D eigenvalue weighted by atomic mass is 9.71. The highest BCUT2D eigenvalue weighted by Gasteiger charge is 2.59. The molecule has 0 spiro atoms. The molecule has 3 nitrogen and oxygen atoms in total. The molecule has 2 aromatic rings. The lowest BCUT2D eigenvalue weighted by Crippen LogP contribution is -2.26. The molecule has 0 aliphatic heterocycles. The molecule has 5 heteroatoms. The molecule has 2 unspecified atom stereocenters. The number of hydrogen-bond acceptors (Lipinski definition) is 4. The Labute approximate surface area is 152 Å². The monoisotopic (exact) mass is 359 g/mol. The van der Waals surface area contributed by atoms with E-state index in [-0.39, 0.29) is 0 Å². The van der Waals surface area contributed by atoms with E-state index in [1.165, 1.54) is 18.6 Å². The molecule has 2 bridgehead atoms. The van der Waals surface area contributed by atoms with Crippen LogP contribution in [0.5, 0.6) is 0 Å². The van der Waals surface area contributed by atoms with Crippen LogP contribution in [0.2, 0.25) is 5.02 Å². The fourth-order valence-electron chi connectivity index (χ4n) is 4.30. The molecule has 1 aromatic heterocycles. The zero-order valence-electron chi connectivity index (χ0n) is 14.3. The van der Waals surface area contributed by atoms with Crippen molar-refractivity contribution in [2.75, 3.05) is 5.43 Å². The van der Waals surface area contributed by atoms with Crippen molar-refractivity contribution in [2.24, 2.45) is 21.8 Å². The summed E-state index contributed by atoms with van der Waals surface area (Å²) in [6, 6.07) is 7.77. The summed E-state index contributed by atoms with van der Waals surface area (Å²) in [5.74, 6) is 0.602. The van der Waals surface area contributed by atoms with Gasteiger partial charge in [0.2, 0.25) is 5.13 Å². The molecule has 24 heavy (non-hydrogen) atoms. The average molecular weight is 360 g/mol. The first-order valence-corrected chi connectivity index (χ1v) is 9.69. The zero-order valence-corrected chi connectivity index (χ0v) is 15.8. The fourth-order valence-corrected chi connectivity index (χ4v) is 5.09. The highest BCUT2D eigenvalue weighted by molar-refractivity contribution is 7.14. The number of halogens is 1. The van der Waals surface area contributed by atoms with Crippen molar-refractivity contribution in [2.45, 2.75) is 40.0 Å². The first-order valence-electron chi connectivity index (χ1n) is 8.43. The SMILES string of the molecule is CC12CCC(/C(=N/Nc3nc(-c4ccc(Cl)cc4)cs3)C1)C2(C)C. The van der Waals surface area contributed by atoms with Crippen molar-refractivity contribution in [3.8, 4) is 11.3 Å². The van der Waals surface area contributed by atoms with Crippen LogP contribution in [0.1, 0.15) is 40.0 Å². The first-order chi connectivity index (χ1) is 11.4. The molecule has 1 N–H and O–H groups in total. The summed E-state index contributed by atoms with van der Waals surface area (Å²) in [6.07, 6.45) is 3.69. The summed E-state index contributed by atoms with van der Waals surface area (Å²) in [5, 5.41) is 8.37. The van der Waals surface area contributed by atoms with E-state index in [9.17, 15) is 0 Å². The van der Waals surface area contributed by atoms with Crippen LogP contribution in [0.15, 0.2) is 34.7 Å². The maximum absolute atomic E-state index is 5.94. The van der Waals surface area contributed by atoms with Gasteiger partial charge in [-0.2, -0.15) is 5.10 Å². The third-order valence-corrected chi connectivity index (χ3v) is 7.32. The lowest BCUT2D eigenvalue weighted by molar-refractivity contribution is 0.152. The lowest BCUT2D eigenvalue weighted by Gasteiger charge is -2.33. The maximum atomic E-state index is 5.94. The van der Waals surface area contributed by atoms with Crippen molar-refractivity contribution in [3.63, 3.8) is 0 Å². The maximum Gasteiger partial charge on any atom is 0.203 e. The molecular weight excluding hydrogens is 338 g/mol. The van der Waals surface area contributed by atoms with E-state index in [2.05, 4.69) is 36.6 Å². The van der Waals surface area contributed by atoms with Gasteiger partial charge in [0, 0.05) is 27.6 Å². The molecule has 126 valence electrons. The van der Waals surface area contributed by atoms with Gasteiger partial charge in [0.1, 0.15) is 0 Å². The van der Waals surface area contributed by atoms with E-state index >= 15 is 0 Å². The topological polar surface area (TPSA) is 37.3 Å². The predicted octanol–water partition coefficient (Wildman–Crippen LogP) is 6.08. The molecule has 1 aromatic carbocycles. The van der Waals surface area contributed by atoms with Crippen LogP contribution in [0.3, 0.4) is 0 Å². The predicted molar refractivity (Wildman–Crippen MR) is 103 cm³/mol. The fraction of sp³-hybridized carbons (Fsp3) is 0.474. The van der Waals surface area contributed by atoms with Crippen LogP contribution in [-0.4, -0.2) is 10.7 Å². The van der Waals surface area contributed by atoms with E-state index in [1.807, 2.05) is 24.3 Å². The van der Waals surface area contributed by atoms with Gasteiger partial charge in [-0.05, 0) is 42.2 Å². The Morgan fingerprint density at radius 2 is 2.00 bits per heavy atom. The number of benzene rings is 1. The van der Waals surface area contributed by atoms with Crippen LogP contribution in [0.25, 0.3) is 11.3 Å². The standard InChI is InChI=1S/C19H22ClN3S/c1-18(2)14-8-9-19(18,3)10-15(14)22-23-17-21-16(11-24-17)12-4-6-13(20)7-5-12/h4-7,11,14H,8-10H2,1-3H3,(H,21,23)/b22-15+. The summed E-state index contributed by atoms with van der Waals surface area (Å²) < 4.78 is 0. The Hall–Kier alpha value is -1.39. The second-order valence-corrected chi connectivity index (χ2v) is 9.10. The molecule has 1 heterocycles. The Balaban J connectivity index is 1.51. The van der Waals surface area contributed by atoms with Crippen molar-refractivity contribution in [1.82, 2.24) is 4.98 Å². The van der Waals surface area contributed by atoms with Crippen LogP contribution in [0, 0.1) is 16.7 Å². The van der Waals surface area contributed by atoms with Gasteiger partial charge < -0.3 is 0 Å². The van der Waals surface area contributed by atoms with Crippen molar-refractivity contribution in [1.29, 1.82) is 0 Å². The molecule has 2 fully saturated rings. The van der Waals surface area contributed by atoms with Crippen molar-refractivity contribution >= 4 is 33.8 Å². The van der Waals surface area contributed by atoms with Crippen molar-refractivity contribution in [3.05, 3.63) is 34.7 Å². The Bertz CT molecular complexity index is 790. The number of hydrogen-bond donors (Lipinski definition) is 1.